The van der Waals surface area contributed by atoms with E-state index in [4.69, 9.17) is 37.4 Å². The van der Waals surface area contributed by atoms with Crippen LogP contribution in [0.3, 0.4) is 0 Å². The van der Waals surface area contributed by atoms with Gasteiger partial charge in [0, 0.05) is 28.5 Å². The highest BCUT2D eigenvalue weighted by molar-refractivity contribution is 7.14. The lowest BCUT2D eigenvalue weighted by atomic mass is 9.85. The van der Waals surface area contributed by atoms with Gasteiger partial charge in [-0.2, -0.15) is 4.73 Å². The number of carboxylic acids is 1. The zero-order valence-electron chi connectivity index (χ0n) is 27.5. The molecule has 0 spiro atoms. The van der Waals surface area contributed by atoms with E-state index in [1.807, 2.05) is 6.07 Å². The van der Waals surface area contributed by atoms with Crippen molar-refractivity contribution >= 4 is 52.3 Å². The number of nitrogens with zero attached hydrogens (tertiary/aromatic N) is 3. The maximum absolute atomic E-state index is 14.0. The summed E-state index contributed by atoms with van der Waals surface area (Å²) in [6, 6.07) is 14.1. The van der Waals surface area contributed by atoms with Crippen LogP contribution in [0.4, 0.5) is 10.5 Å². The van der Waals surface area contributed by atoms with Crippen molar-refractivity contribution in [2.45, 2.75) is 44.4 Å². The van der Waals surface area contributed by atoms with Crippen LogP contribution in [-0.2, 0) is 24.3 Å². The number of carbonyl (C=O) groups excluding carboxylic acids is 1. The molecule has 2 atom stereocenters. The first kappa shape index (κ1) is 35.7. The van der Waals surface area contributed by atoms with Crippen LogP contribution in [0, 0.1) is 11.1 Å². The number of aromatic nitrogens is 1. The van der Waals surface area contributed by atoms with Crippen molar-refractivity contribution in [3.8, 4) is 11.5 Å². The molecule has 2 bridgehead atoms. The van der Waals surface area contributed by atoms with Crippen molar-refractivity contribution in [1.29, 1.82) is 0 Å². The Kier molecular flexibility index (Phi) is 11.0. The Balaban J connectivity index is 1.42. The molecular weight excluding hydrogens is 705 g/mol. The maximum atomic E-state index is 14.0. The van der Waals surface area contributed by atoms with Crippen LogP contribution in [0.5, 0.6) is 11.5 Å². The molecule has 2 aromatic carbocycles. The van der Waals surface area contributed by atoms with Crippen molar-refractivity contribution in [1.82, 2.24) is 4.90 Å². The SMILES string of the molecule is COc1ccc([C@H](Cc2c(Cl)c[n+]([O-])cc2Cl)c2cc(CN(C(=O)O[C@H]3CN4CCC3CC4)c3ccccc3CO)sc2C(=O)O)cc1OC. The number of pyridine rings is 1. The van der Waals surface area contributed by atoms with Gasteiger partial charge in [-0.15, -0.1) is 11.3 Å². The number of aliphatic hydroxyl groups excluding tert-OH is 1. The monoisotopic (exact) mass is 741 g/mol. The van der Waals surface area contributed by atoms with Crippen molar-refractivity contribution < 1.29 is 38.7 Å². The first-order valence-electron chi connectivity index (χ1n) is 16.1. The van der Waals surface area contributed by atoms with Gasteiger partial charge in [-0.3, -0.25) is 9.80 Å². The molecule has 0 aliphatic carbocycles. The number of aromatic carboxylic acids is 1. The summed E-state index contributed by atoms with van der Waals surface area (Å²) >= 11 is 14.1. The van der Waals surface area contributed by atoms with E-state index in [1.54, 1.807) is 42.5 Å². The van der Waals surface area contributed by atoms with E-state index in [2.05, 4.69) is 4.90 Å². The number of rotatable bonds is 12. The van der Waals surface area contributed by atoms with Crippen molar-refractivity contribution in [2.75, 3.05) is 38.8 Å². The van der Waals surface area contributed by atoms with Crippen LogP contribution >= 0.6 is 34.5 Å². The molecule has 5 heterocycles. The van der Waals surface area contributed by atoms with Gasteiger partial charge >= 0.3 is 12.1 Å². The number of amides is 1. The number of benzene rings is 2. The molecule has 264 valence electrons. The second-order valence-corrected chi connectivity index (χ2v) is 14.4. The second kappa shape index (κ2) is 15.4. The van der Waals surface area contributed by atoms with Gasteiger partial charge in [0.15, 0.2) is 23.9 Å². The highest BCUT2D eigenvalue weighted by atomic mass is 35.5. The number of hydrogen-bond acceptors (Lipinski definition) is 9. The number of carboxylic acid groups (broad SMARTS) is 1. The van der Waals surface area contributed by atoms with Crippen LogP contribution in [0.2, 0.25) is 10.0 Å². The average Bonchev–Trinajstić information content (AvgIpc) is 3.54. The summed E-state index contributed by atoms with van der Waals surface area (Å²) in [6.07, 6.45) is 3.63. The molecule has 11 nitrogen and oxygen atoms in total. The lowest BCUT2D eigenvalue weighted by molar-refractivity contribution is -0.605. The van der Waals surface area contributed by atoms with E-state index < -0.39 is 18.0 Å². The number of carbonyl (C=O) groups is 2. The van der Waals surface area contributed by atoms with Gasteiger partial charge in [-0.25, -0.2) is 9.59 Å². The summed E-state index contributed by atoms with van der Waals surface area (Å²) in [5.74, 6) is -0.572. The number of methoxy groups -OCH3 is 2. The number of ether oxygens (including phenoxy) is 3. The molecule has 0 saturated carbocycles. The highest BCUT2D eigenvalue weighted by Gasteiger charge is 2.38. The summed E-state index contributed by atoms with van der Waals surface area (Å²) in [4.78, 5) is 31.3. The number of fused-ring (bicyclic) bond motifs is 3. The van der Waals surface area contributed by atoms with E-state index in [0.717, 1.165) is 37.3 Å². The number of hydrogen-bond donors (Lipinski definition) is 2. The molecule has 1 amide bonds. The Hall–Kier alpha value is -4.07. The first-order valence-corrected chi connectivity index (χ1v) is 17.7. The molecular formula is C36H37Cl2N3O8S. The summed E-state index contributed by atoms with van der Waals surface area (Å²) in [5, 5.41) is 33.0. The van der Waals surface area contributed by atoms with Crippen LogP contribution in [-0.4, -0.2) is 67.1 Å². The fourth-order valence-corrected chi connectivity index (χ4v) is 8.56. The molecule has 2 aromatic heterocycles. The minimum Gasteiger partial charge on any atom is -0.619 e. The van der Waals surface area contributed by atoms with Gasteiger partial charge in [0.25, 0.3) is 0 Å². The smallest absolute Gasteiger partial charge is 0.414 e. The highest BCUT2D eigenvalue weighted by Crippen LogP contribution is 2.42. The lowest BCUT2D eigenvalue weighted by Gasteiger charge is -2.44. The fraction of sp³-hybridized carbons (Fsp3) is 0.361. The van der Waals surface area contributed by atoms with Gasteiger partial charge in [-0.1, -0.05) is 47.5 Å². The Morgan fingerprint density at radius 3 is 2.38 bits per heavy atom. The Labute approximate surface area is 303 Å². The van der Waals surface area contributed by atoms with Crippen LogP contribution in [0.15, 0.2) is 60.9 Å². The predicted molar refractivity (Wildman–Crippen MR) is 190 cm³/mol. The first-order chi connectivity index (χ1) is 24.1. The molecule has 2 N–H and O–H groups in total. The van der Waals surface area contributed by atoms with Crippen molar-refractivity contribution in [3.63, 3.8) is 0 Å². The summed E-state index contributed by atoms with van der Waals surface area (Å²) in [6.45, 7) is 2.33. The third kappa shape index (κ3) is 7.50. The predicted octanol–water partition coefficient (Wildman–Crippen LogP) is 6.51. The Morgan fingerprint density at radius 2 is 1.76 bits per heavy atom. The van der Waals surface area contributed by atoms with E-state index in [-0.39, 0.29) is 46.5 Å². The number of anilines is 1. The van der Waals surface area contributed by atoms with Gasteiger partial charge in [0.05, 0.1) is 33.1 Å². The second-order valence-electron chi connectivity index (χ2n) is 12.4. The summed E-state index contributed by atoms with van der Waals surface area (Å²) < 4.78 is 17.7. The number of piperidine rings is 3. The summed E-state index contributed by atoms with van der Waals surface area (Å²) in [7, 11) is 3.03. The average molecular weight is 743 g/mol. The van der Waals surface area contributed by atoms with Crippen molar-refractivity contribution in [3.05, 3.63) is 108 Å². The molecule has 50 heavy (non-hydrogen) atoms. The zero-order valence-corrected chi connectivity index (χ0v) is 29.8. The van der Waals surface area contributed by atoms with Crippen molar-refractivity contribution in [2.24, 2.45) is 5.92 Å². The minimum absolute atomic E-state index is 0.0103. The lowest BCUT2D eigenvalue weighted by Crippen LogP contribution is -2.53. The minimum atomic E-state index is -1.15. The van der Waals surface area contributed by atoms with Crippen LogP contribution < -0.4 is 19.1 Å². The molecule has 3 aliphatic rings. The quantitative estimate of drug-likeness (QED) is 0.123. The van der Waals surface area contributed by atoms with Gasteiger partial charge in [0.1, 0.15) is 21.0 Å². The number of thiophene rings is 1. The molecule has 3 aliphatic heterocycles. The molecule has 4 aromatic rings. The van der Waals surface area contributed by atoms with E-state index in [0.29, 0.717) is 55.6 Å². The maximum Gasteiger partial charge on any atom is 0.414 e. The molecule has 14 heteroatoms. The molecule has 3 fully saturated rings. The zero-order chi connectivity index (χ0) is 35.5. The number of para-hydroxylation sites is 1. The normalized spacial score (nSPS) is 18.8. The molecule has 7 rings (SSSR count). The Bertz CT molecular complexity index is 1860. The van der Waals surface area contributed by atoms with Gasteiger partial charge < -0.3 is 29.6 Å². The molecule has 0 unspecified atom stereocenters. The molecule has 3 saturated heterocycles. The van der Waals surface area contributed by atoms with Crippen LogP contribution in [0.1, 0.15) is 55.6 Å². The third-order valence-corrected chi connectivity index (χ3v) is 11.3. The Morgan fingerprint density at radius 1 is 1.06 bits per heavy atom. The largest absolute Gasteiger partial charge is 0.619 e. The van der Waals surface area contributed by atoms with Gasteiger partial charge in [-0.05, 0) is 73.7 Å². The third-order valence-electron chi connectivity index (χ3n) is 9.49. The van der Waals surface area contributed by atoms with E-state index in [1.165, 1.54) is 31.5 Å². The van der Waals surface area contributed by atoms with E-state index in [9.17, 15) is 25.0 Å². The fourth-order valence-electron chi connectivity index (χ4n) is 6.92. The van der Waals surface area contributed by atoms with Crippen LogP contribution in [0.25, 0.3) is 0 Å². The molecule has 0 radical (unpaired) electrons. The topological polar surface area (TPSA) is 136 Å². The standard InChI is InChI=1S/C36H37Cl2N3O8S/c1-47-31-8-7-22(13-32(31)48-2)25(15-27-28(37)17-40(46)18-29(27)38)26-14-24(50-34(26)35(43)44)16-41(30-6-4-3-5-23(30)20-42)36(45)49-33-19-39-11-9-21(33)10-12-39/h3-8,13-14,17-18,21,25,33,42H,9-12,15-16,19-20H2,1-2H3,(H,43,44)/t25-,33-/m0/s1. The number of halogens is 2. The summed E-state index contributed by atoms with van der Waals surface area (Å²) in [5.41, 5.74) is 2.60. The number of aliphatic hydroxyl groups is 1. The van der Waals surface area contributed by atoms with E-state index >= 15 is 0 Å². The van der Waals surface area contributed by atoms with Gasteiger partial charge in [0.2, 0.25) is 0 Å².